The van der Waals surface area contributed by atoms with Gasteiger partial charge < -0.3 is 10.1 Å². The molecule has 0 radical (unpaired) electrons. The average Bonchev–Trinajstić information content (AvgIpc) is 2.53. The van der Waals surface area contributed by atoms with E-state index in [1.54, 1.807) is 24.3 Å². The third kappa shape index (κ3) is 5.33. The first kappa shape index (κ1) is 17.4. The van der Waals surface area contributed by atoms with Gasteiger partial charge in [-0.2, -0.15) is 0 Å². The second-order valence-electron chi connectivity index (χ2n) is 4.61. The molecule has 0 heterocycles. The van der Waals surface area contributed by atoms with Crippen LogP contribution in [0.25, 0.3) is 0 Å². The summed E-state index contributed by atoms with van der Waals surface area (Å²) in [6.45, 7) is -0.243. The van der Waals surface area contributed by atoms with E-state index in [1.165, 1.54) is 12.1 Å². The van der Waals surface area contributed by atoms with E-state index in [-0.39, 0.29) is 12.1 Å². The Balaban J connectivity index is 1.84. The minimum absolute atomic E-state index is 0.234. The summed E-state index contributed by atoms with van der Waals surface area (Å²) in [6.07, 6.45) is 0. The van der Waals surface area contributed by atoms with Crippen molar-refractivity contribution in [2.24, 2.45) is 0 Å². The molecule has 7 heteroatoms. The van der Waals surface area contributed by atoms with Crippen LogP contribution < -0.4 is 5.32 Å². The van der Waals surface area contributed by atoms with Crippen LogP contribution in [0.2, 0.25) is 5.02 Å². The molecule has 2 rings (SSSR count). The van der Waals surface area contributed by atoms with Gasteiger partial charge in [0, 0.05) is 16.0 Å². The highest BCUT2D eigenvalue weighted by Crippen LogP contribution is 2.16. The number of amides is 1. The first-order valence-electron chi connectivity index (χ1n) is 6.59. The molecule has 0 bridgehead atoms. The van der Waals surface area contributed by atoms with E-state index < -0.39 is 24.3 Å². The maximum atomic E-state index is 13.5. The Morgan fingerprint density at radius 2 is 2.00 bits per heavy atom. The molecule has 0 aliphatic carbocycles. The SMILES string of the molecule is O=C(COC(=O)c1cc(Br)ccc1F)NCc1cccc(Cl)c1. The molecule has 1 amide bonds. The van der Waals surface area contributed by atoms with Gasteiger partial charge in [0.25, 0.3) is 5.91 Å². The van der Waals surface area contributed by atoms with E-state index in [4.69, 9.17) is 16.3 Å². The van der Waals surface area contributed by atoms with E-state index in [1.807, 2.05) is 0 Å². The monoisotopic (exact) mass is 399 g/mol. The lowest BCUT2D eigenvalue weighted by Gasteiger charge is -2.08. The van der Waals surface area contributed by atoms with Crippen molar-refractivity contribution < 1.29 is 18.7 Å². The zero-order valence-corrected chi connectivity index (χ0v) is 14.2. The van der Waals surface area contributed by atoms with Gasteiger partial charge in [-0.1, -0.05) is 39.7 Å². The van der Waals surface area contributed by atoms with Gasteiger partial charge in [-0.3, -0.25) is 4.79 Å². The van der Waals surface area contributed by atoms with Gasteiger partial charge in [0.05, 0.1) is 5.56 Å². The molecule has 0 fully saturated rings. The Morgan fingerprint density at radius 3 is 2.74 bits per heavy atom. The van der Waals surface area contributed by atoms with E-state index in [0.29, 0.717) is 9.50 Å². The van der Waals surface area contributed by atoms with Crippen molar-refractivity contribution in [2.45, 2.75) is 6.54 Å². The fraction of sp³-hybridized carbons (Fsp3) is 0.125. The third-order valence-electron chi connectivity index (χ3n) is 2.86. The van der Waals surface area contributed by atoms with Crippen molar-refractivity contribution in [3.63, 3.8) is 0 Å². The third-order valence-corrected chi connectivity index (χ3v) is 3.59. The number of hydrogen-bond acceptors (Lipinski definition) is 3. The molecular formula is C16H12BrClFNO3. The molecular weight excluding hydrogens is 389 g/mol. The zero-order valence-electron chi connectivity index (χ0n) is 11.8. The van der Waals surface area contributed by atoms with Crippen LogP contribution in [-0.2, 0) is 16.1 Å². The summed E-state index contributed by atoms with van der Waals surface area (Å²) in [6, 6.07) is 10.9. The Bertz CT molecular complexity index is 739. The molecule has 4 nitrogen and oxygen atoms in total. The number of carbonyl (C=O) groups is 2. The van der Waals surface area contributed by atoms with Crippen molar-refractivity contribution >= 4 is 39.4 Å². The van der Waals surface area contributed by atoms with Crippen LogP contribution in [0.3, 0.4) is 0 Å². The molecule has 0 aliphatic rings. The lowest BCUT2D eigenvalue weighted by molar-refractivity contribution is -0.124. The molecule has 2 aromatic rings. The van der Waals surface area contributed by atoms with Gasteiger partial charge in [0.15, 0.2) is 6.61 Å². The van der Waals surface area contributed by atoms with Crippen LogP contribution in [0, 0.1) is 5.82 Å². The predicted molar refractivity (Wildman–Crippen MR) is 87.7 cm³/mol. The van der Waals surface area contributed by atoms with Crippen LogP contribution in [0.4, 0.5) is 4.39 Å². The van der Waals surface area contributed by atoms with Crippen LogP contribution >= 0.6 is 27.5 Å². The molecule has 0 saturated carbocycles. The minimum Gasteiger partial charge on any atom is -0.452 e. The average molecular weight is 401 g/mol. The number of ether oxygens (including phenoxy) is 1. The molecule has 0 aromatic heterocycles. The summed E-state index contributed by atoms with van der Waals surface area (Å²) >= 11 is 8.97. The largest absolute Gasteiger partial charge is 0.452 e. The Morgan fingerprint density at radius 1 is 1.22 bits per heavy atom. The fourth-order valence-corrected chi connectivity index (χ4v) is 2.34. The van der Waals surface area contributed by atoms with Gasteiger partial charge in [-0.15, -0.1) is 0 Å². The quantitative estimate of drug-likeness (QED) is 0.779. The number of rotatable bonds is 5. The molecule has 2 aromatic carbocycles. The minimum atomic E-state index is -0.901. The Hall–Kier alpha value is -1.92. The van der Waals surface area contributed by atoms with Crippen LogP contribution in [0.5, 0.6) is 0 Å². The van der Waals surface area contributed by atoms with Gasteiger partial charge in [0.2, 0.25) is 0 Å². The van der Waals surface area contributed by atoms with Crippen molar-refractivity contribution in [1.29, 1.82) is 0 Å². The van der Waals surface area contributed by atoms with Crippen molar-refractivity contribution in [2.75, 3.05) is 6.61 Å². The van der Waals surface area contributed by atoms with E-state index in [2.05, 4.69) is 21.2 Å². The maximum Gasteiger partial charge on any atom is 0.341 e. The molecule has 0 spiro atoms. The fourth-order valence-electron chi connectivity index (χ4n) is 1.76. The molecule has 120 valence electrons. The number of esters is 1. The van der Waals surface area contributed by atoms with Crippen molar-refractivity contribution in [3.8, 4) is 0 Å². The normalized spacial score (nSPS) is 10.2. The van der Waals surface area contributed by atoms with Crippen LogP contribution in [0.1, 0.15) is 15.9 Å². The highest BCUT2D eigenvalue weighted by atomic mass is 79.9. The summed E-state index contributed by atoms with van der Waals surface area (Å²) in [5, 5.41) is 3.14. The topological polar surface area (TPSA) is 55.4 Å². The standard InChI is InChI=1S/C16H12BrClFNO3/c17-11-4-5-14(19)13(7-11)16(22)23-9-15(21)20-8-10-2-1-3-12(18)6-10/h1-7H,8-9H2,(H,20,21). The van der Waals surface area contributed by atoms with Gasteiger partial charge in [-0.05, 0) is 35.9 Å². The summed E-state index contributed by atoms with van der Waals surface area (Å²) in [7, 11) is 0. The van der Waals surface area contributed by atoms with Gasteiger partial charge >= 0.3 is 5.97 Å². The Labute approximate surface area is 145 Å². The highest BCUT2D eigenvalue weighted by molar-refractivity contribution is 9.10. The first-order valence-corrected chi connectivity index (χ1v) is 7.76. The van der Waals surface area contributed by atoms with E-state index >= 15 is 0 Å². The second kappa shape index (κ2) is 8.08. The van der Waals surface area contributed by atoms with Crippen LogP contribution in [-0.4, -0.2) is 18.5 Å². The predicted octanol–water partition coefficient (Wildman–Crippen LogP) is 3.71. The molecule has 0 aliphatic heterocycles. The summed E-state index contributed by atoms with van der Waals surface area (Å²) in [5.74, 6) is -2.10. The summed E-state index contributed by atoms with van der Waals surface area (Å²) in [5.41, 5.74) is 0.581. The maximum absolute atomic E-state index is 13.5. The summed E-state index contributed by atoms with van der Waals surface area (Å²) < 4.78 is 18.9. The number of halogens is 3. The smallest absolute Gasteiger partial charge is 0.341 e. The molecule has 1 N–H and O–H groups in total. The summed E-state index contributed by atoms with van der Waals surface area (Å²) in [4.78, 5) is 23.4. The van der Waals surface area contributed by atoms with E-state index in [9.17, 15) is 14.0 Å². The Kier molecular flexibility index (Phi) is 6.12. The lowest BCUT2D eigenvalue weighted by Crippen LogP contribution is -2.28. The van der Waals surface area contributed by atoms with Crippen LogP contribution in [0.15, 0.2) is 46.9 Å². The number of carbonyl (C=O) groups excluding carboxylic acids is 2. The second-order valence-corrected chi connectivity index (χ2v) is 5.96. The van der Waals surface area contributed by atoms with E-state index in [0.717, 1.165) is 11.6 Å². The van der Waals surface area contributed by atoms with Crippen molar-refractivity contribution in [3.05, 3.63) is 68.9 Å². The molecule has 0 unspecified atom stereocenters. The first-order chi connectivity index (χ1) is 11.0. The molecule has 23 heavy (non-hydrogen) atoms. The number of hydrogen-bond donors (Lipinski definition) is 1. The molecule has 0 atom stereocenters. The lowest BCUT2D eigenvalue weighted by atomic mass is 10.2. The highest BCUT2D eigenvalue weighted by Gasteiger charge is 2.15. The number of nitrogens with one attached hydrogen (secondary N) is 1. The van der Waals surface area contributed by atoms with Gasteiger partial charge in [-0.25, -0.2) is 9.18 Å². The molecule has 0 saturated heterocycles. The van der Waals surface area contributed by atoms with Crippen molar-refractivity contribution in [1.82, 2.24) is 5.32 Å². The van der Waals surface area contributed by atoms with Gasteiger partial charge in [0.1, 0.15) is 5.82 Å². The zero-order chi connectivity index (χ0) is 16.8. The number of benzene rings is 2.